The van der Waals surface area contributed by atoms with Crippen molar-refractivity contribution in [1.82, 2.24) is 0 Å². The maximum atomic E-state index is 13.9. The summed E-state index contributed by atoms with van der Waals surface area (Å²) in [6, 6.07) is 1.25. The zero-order valence-electron chi connectivity index (χ0n) is 11.0. The van der Waals surface area contributed by atoms with Gasteiger partial charge in [-0.1, -0.05) is 6.07 Å². The molecular weight excluding hydrogens is 308 g/mol. The Bertz CT molecular complexity index is 757. The van der Waals surface area contributed by atoms with Crippen molar-refractivity contribution in [1.29, 1.82) is 0 Å². The summed E-state index contributed by atoms with van der Waals surface area (Å²) in [4.78, 5) is 0. The average Bonchev–Trinajstić information content (AvgIpc) is 2.88. The van der Waals surface area contributed by atoms with E-state index in [0.717, 1.165) is 12.1 Å². The summed E-state index contributed by atoms with van der Waals surface area (Å²) in [7, 11) is 0. The maximum absolute atomic E-state index is 13.9. The van der Waals surface area contributed by atoms with Crippen molar-refractivity contribution < 1.29 is 26.3 Å². The molecule has 1 atom stereocenters. The number of hydrogen-bond donors (Lipinski definition) is 1. The van der Waals surface area contributed by atoms with Crippen LogP contribution >= 0.6 is 0 Å². The molecule has 0 saturated heterocycles. The highest BCUT2D eigenvalue weighted by Crippen LogP contribution is 2.41. The van der Waals surface area contributed by atoms with E-state index < -0.39 is 46.5 Å². The highest BCUT2D eigenvalue weighted by Gasteiger charge is 2.31. The largest absolute Gasteiger partial charge is 0.324 e. The molecule has 0 unspecified atom stereocenters. The topological polar surface area (TPSA) is 26.0 Å². The number of nitrogens with two attached hydrogens (primary N) is 1. The van der Waals surface area contributed by atoms with Gasteiger partial charge in [0.05, 0.1) is 5.56 Å². The van der Waals surface area contributed by atoms with Crippen LogP contribution in [0.4, 0.5) is 26.3 Å². The first-order valence-electron chi connectivity index (χ1n) is 6.43. The molecule has 0 aromatic heterocycles. The number of fused-ring (bicyclic) bond motifs is 1. The van der Waals surface area contributed by atoms with Gasteiger partial charge in [-0.2, -0.15) is 0 Å². The van der Waals surface area contributed by atoms with Crippen molar-refractivity contribution in [2.45, 2.75) is 18.9 Å². The molecular formula is C15H9F6N. The molecule has 7 heteroatoms. The summed E-state index contributed by atoms with van der Waals surface area (Å²) in [5.41, 5.74) is 4.67. The normalized spacial score (nSPS) is 17.0. The first-order chi connectivity index (χ1) is 10.3. The third kappa shape index (κ3) is 1.92. The van der Waals surface area contributed by atoms with Gasteiger partial charge in [0.15, 0.2) is 23.3 Å². The van der Waals surface area contributed by atoms with Gasteiger partial charge in [-0.25, -0.2) is 26.3 Å². The Morgan fingerprint density at radius 2 is 1.36 bits per heavy atom. The number of benzene rings is 2. The third-order valence-corrected chi connectivity index (χ3v) is 3.86. The van der Waals surface area contributed by atoms with Crippen LogP contribution < -0.4 is 5.73 Å². The molecule has 1 nitrogen and oxygen atoms in total. The number of rotatable bonds is 1. The molecule has 0 fully saturated rings. The van der Waals surface area contributed by atoms with Crippen LogP contribution in [0.1, 0.15) is 23.6 Å². The van der Waals surface area contributed by atoms with Crippen LogP contribution in [0.2, 0.25) is 0 Å². The standard InChI is InChI=1S/C15H9F6N/c16-7-3-1-6(5-2-4-8(22)9(5)7)10-11(17)13(19)15(21)14(20)12(10)18/h1,3,8H,2,4,22H2/t8-/m1/s1. The van der Waals surface area contributed by atoms with Gasteiger partial charge in [0.25, 0.3) is 0 Å². The lowest BCUT2D eigenvalue weighted by molar-refractivity contribution is 0.381. The Labute approximate surface area is 121 Å². The summed E-state index contributed by atoms with van der Waals surface area (Å²) in [5, 5.41) is 0. The minimum absolute atomic E-state index is 0.0569. The summed E-state index contributed by atoms with van der Waals surface area (Å²) >= 11 is 0. The Morgan fingerprint density at radius 3 is 1.95 bits per heavy atom. The van der Waals surface area contributed by atoms with Crippen molar-refractivity contribution >= 4 is 0 Å². The summed E-state index contributed by atoms with van der Waals surface area (Å²) in [5.74, 6) is -10.8. The zero-order chi connectivity index (χ0) is 16.2. The van der Waals surface area contributed by atoms with Crippen molar-refractivity contribution in [2.75, 3.05) is 0 Å². The second-order valence-corrected chi connectivity index (χ2v) is 5.08. The van der Waals surface area contributed by atoms with Gasteiger partial charge in [0.1, 0.15) is 5.82 Å². The monoisotopic (exact) mass is 317 g/mol. The van der Waals surface area contributed by atoms with E-state index in [1.807, 2.05) is 0 Å². The fraction of sp³-hybridized carbons (Fsp3) is 0.200. The lowest BCUT2D eigenvalue weighted by atomic mass is 9.95. The minimum atomic E-state index is -2.23. The van der Waals surface area contributed by atoms with Crippen LogP contribution in [0.3, 0.4) is 0 Å². The van der Waals surface area contributed by atoms with Gasteiger partial charge in [-0.3, -0.25) is 0 Å². The van der Waals surface area contributed by atoms with E-state index in [1.165, 1.54) is 0 Å². The number of hydrogen-bond acceptors (Lipinski definition) is 1. The highest BCUT2D eigenvalue weighted by molar-refractivity contribution is 5.71. The first-order valence-corrected chi connectivity index (χ1v) is 6.43. The zero-order valence-corrected chi connectivity index (χ0v) is 11.0. The van der Waals surface area contributed by atoms with E-state index in [4.69, 9.17) is 5.73 Å². The van der Waals surface area contributed by atoms with Crippen LogP contribution in [0.15, 0.2) is 12.1 Å². The molecule has 2 aromatic rings. The highest BCUT2D eigenvalue weighted by atomic mass is 19.2. The second kappa shape index (κ2) is 5.01. The summed E-state index contributed by atoms with van der Waals surface area (Å²) in [6.45, 7) is 0. The van der Waals surface area contributed by atoms with E-state index in [9.17, 15) is 26.3 Å². The lowest BCUT2D eigenvalue weighted by Gasteiger charge is -2.14. The number of halogens is 6. The van der Waals surface area contributed by atoms with E-state index >= 15 is 0 Å². The van der Waals surface area contributed by atoms with Crippen LogP contribution in [-0.2, 0) is 6.42 Å². The molecule has 0 heterocycles. The summed E-state index contributed by atoms with van der Waals surface area (Å²) < 4.78 is 81.4. The maximum Gasteiger partial charge on any atom is 0.200 e. The molecule has 0 bridgehead atoms. The Hall–Kier alpha value is -2.02. The summed E-state index contributed by atoms with van der Waals surface area (Å²) in [6.07, 6.45) is 0.530. The molecule has 0 spiro atoms. The minimum Gasteiger partial charge on any atom is -0.324 e. The van der Waals surface area contributed by atoms with Crippen molar-refractivity contribution in [3.63, 3.8) is 0 Å². The molecule has 3 rings (SSSR count). The molecule has 116 valence electrons. The van der Waals surface area contributed by atoms with Crippen molar-refractivity contribution in [3.8, 4) is 11.1 Å². The average molecular weight is 317 g/mol. The Morgan fingerprint density at radius 1 is 0.818 bits per heavy atom. The molecule has 2 aromatic carbocycles. The molecule has 0 saturated carbocycles. The van der Waals surface area contributed by atoms with E-state index in [1.54, 1.807) is 0 Å². The predicted molar refractivity (Wildman–Crippen MR) is 66.9 cm³/mol. The third-order valence-electron chi connectivity index (χ3n) is 3.86. The SMILES string of the molecule is N[C@@H]1CCc2c(-c3c(F)c(F)c(F)c(F)c3F)ccc(F)c21. The smallest absolute Gasteiger partial charge is 0.200 e. The van der Waals surface area contributed by atoms with Gasteiger partial charge in [-0.05, 0) is 30.0 Å². The lowest BCUT2D eigenvalue weighted by Crippen LogP contribution is -2.09. The van der Waals surface area contributed by atoms with Gasteiger partial charge < -0.3 is 5.73 Å². The van der Waals surface area contributed by atoms with Crippen LogP contribution in [0, 0.1) is 34.9 Å². The molecule has 2 N–H and O–H groups in total. The van der Waals surface area contributed by atoms with E-state index in [0.29, 0.717) is 6.42 Å². The Kier molecular flexibility index (Phi) is 3.40. The van der Waals surface area contributed by atoms with E-state index in [-0.39, 0.29) is 23.1 Å². The first kappa shape index (κ1) is 14.9. The fourth-order valence-corrected chi connectivity index (χ4v) is 2.83. The fourth-order valence-electron chi connectivity index (χ4n) is 2.83. The van der Waals surface area contributed by atoms with Gasteiger partial charge in [-0.15, -0.1) is 0 Å². The predicted octanol–water partition coefficient (Wildman–Crippen LogP) is 4.13. The van der Waals surface area contributed by atoms with Gasteiger partial charge >= 0.3 is 0 Å². The molecule has 0 amide bonds. The Balaban J connectivity index is 2.36. The van der Waals surface area contributed by atoms with E-state index in [2.05, 4.69) is 0 Å². The van der Waals surface area contributed by atoms with Crippen LogP contribution in [0.25, 0.3) is 11.1 Å². The van der Waals surface area contributed by atoms with Gasteiger partial charge in [0.2, 0.25) is 5.82 Å². The second-order valence-electron chi connectivity index (χ2n) is 5.08. The van der Waals surface area contributed by atoms with Gasteiger partial charge in [0, 0.05) is 11.6 Å². The molecule has 22 heavy (non-hydrogen) atoms. The van der Waals surface area contributed by atoms with Crippen molar-refractivity contribution in [2.24, 2.45) is 5.73 Å². The van der Waals surface area contributed by atoms with Crippen molar-refractivity contribution in [3.05, 3.63) is 58.2 Å². The quantitative estimate of drug-likeness (QED) is 0.478. The van der Waals surface area contributed by atoms with Crippen LogP contribution in [0.5, 0.6) is 0 Å². The van der Waals surface area contributed by atoms with Crippen LogP contribution in [-0.4, -0.2) is 0 Å². The molecule has 1 aliphatic carbocycles. The molecule has 1 aliphatic rings. The molecule has 0 radical (unpaired) electrons. The molecule has 0 aliphatic heterocycles.